The van der Waals surface area contributed by atoms with Gasteiger partial charge in [-0.05, 0) is 41.9 Å². The van der Waals surface area contributed by atoms with Crippen molar-refractivity contribution >= 4 is 0 Å². The summed E-state index contributed by atoms with van der Waals surface area (Å²) in [6.45, 7) is 0.883. The second kappa shape index (κ2) is 9.07. The monoisotopic (exact) mass is 380 g/mol. The van der Waals surface area contributed by atoms with Gasteiger partial charge in [0.2, 0.25) is 0 Å². The van der Waals surface area contributed by atoms with Crippen LogP contribution in [0.2, 0.25) is 0 Å². The van der Waals surface area contributed by atoms with Crippen LogP contribution in [-0.4, -0.2) is 6.04 Å². The van der Waals surface area contributed by atoms with E-state index in [1.807, 2.05) is 12.1 Å². The lowest BCUT2D eigenvalue weighted by atomic mass is 9.61. The minimum Gasteiger partial charge on any atom is -0.310 e. The molecule has 0 saturated heterocycles. The Balaban J connectivity index is 1.62. The van der Waals surface area contributed by atoms with Crippen LogP contribution in [0, 0.1) is 17.2 Å². The van der Waals surface area contributed by atoms with E-state index in [0.29, 0.717) is 12.0 Å². The highest BCUT2D eigenvalue weighted by Gasteiger charge is 2.44. The summed E-state index contributed by atoms with van der Waals surface area (Å²) in [4.78, 5) is 0. The Hall–Kier alpha value is -2.89. The summed E-state index contributed by atoms with van der Waals surface area (Å²) in [5.41, 5.74) is 2.94. The van der Waals surface area contributed by atoms with Crippen LogP contribution in [0.25, 0.3) is 0 Å². The first kappa shape index (κ1) is 19.4. The molecule has 1 aliphatic carbocycles. The van der Waals surface area contributed by atoms with Crippen molar-refractivity contribution in [2.45, 2.75) is 43.7 Å². The molecule has 29 heavy (non-hydrogen) atoms. The lowest BCUT2D eigenvalue weighted by Crippen LogP contribution is -2.43. The smallest absolute Gasteiger partial charge is 0.110 e. The zero-order valence-electron chi connectivity index (χ0n) is 16.8. The molecule has 1 saturated carbocycles. The van der Waals surface area contributed by atoms with Gasteiger partial charge in [0, 0.05) is 12.6 Å². The lowest BCUT2D eigenvalue weighted by molar-refractivity contribution is 0.233. The molecule has 146 valence electrons. The number of hydrogen-bond acceptors (Lipinski definition) is 2. The Morgan fingerprint density at radius 3 is 1.90 bits per heavy atom. The van der Waals surface area contributed by atoms with E-state index in [1.54, 1.807) is 0 Å². The molecule has 2 nitrogen and oxygen atoms in total. The van der Waals surface area contributed by atoms with Crippen molar-refractivity contribution in [1.29, 1.82) is 5.26 Å². The van der Waals surface area contributed by atoms with E-state index >= 15 is 0 Å². The molecule has 4 rings (SSSR count). The third kappa shape index (κ3) is 4.11. The van der Waals surface area contributed by atoms with Gasteiger partial charge in [-0.3, -0.25) is 0 Å². The lowest BCUT2D eigenvalue weighted by Gasteiger charge is -2.41. The standard InChI is InChI=1S/C27H28N2/c28-21-27(23-13-6-2-7-14-23,24-15-8-3-9-16-24)25-17-10-18-26(19-25)29-20-22-11-4-1-5-12-22/h1-9,11-16,25-26,29H,10,17-20H2. The molecule has 2 atom stereocenters. The third-order valence-corrected chi connectivity index (χ3v) is 6.36. The van der Waals surface area contributed by atoms with Gasteiger partial charge in [0.1, 0.15) is 5.41 Å². The topological polar surface area (TPSA) is 35.8 Å². The first-order valence-electron chi connectivity index (χ1n) is 10.6. The average molecular weight is 381 g/mol. The molecule has 0 heterocycles. The second-order valence-electron chi connectivity index (χ2n) is 8.08. The summed E-state index contributed by atoms with van der Waals surface area (Å²) in [6, 6.07) is 34.6. The molecule has 0 amide bonds. The van der Waals surface area contributed by atoms with Crippen LogP contribution < -0.4 is 5.32 Å². The van der Waals surface area contributed by atoms with E-state index in [4.69, 9.17) is 0 Å². The fourth-order valence-corrected chi connectivity index (χ4v) is 4.89. The minimum absolute atomic E-state index is 0.291. The number of nitrogens with zero attached hydrogens (tertiary/aromatic N) is 1. The van der Waals surface area contributed by atoms with Gasteiger partial charge in [0.05, 0.1) is 6.07 Å². The van der Waals surface area contributed by atoms with Crippen LogP contribution in [0.4, 0.5) is 0 Å². The number of hydrogen-bond donors (Lipinski definition) is 1. The third-order valence-electron chi connectivity index (χ3n) is 6.36. The van der Waals surface area contributed by atoms with Gasteiger partial charge in [0.25, 0.3) is 0 Å². The molecular weight excluding hydrogens is 352 g/mol. The Labute approximate surface area is 174 Å². The van der Waals surface area contributed by atoms with Crippen molar-refractivity contribution in [2.24, 2.45) is 5.92 Å². The maximum Gasteiger partial charge on any atom is 0.110 e. The van der Waals surface area contributed by atoms with E-state index in [1.165, 1.54) is 12.0 Å². The highest BCUT2D eigenvalue weighted by molar-refractivity contribution is 5.47. The number of nitrogens with one attached hydrogen (secondary N) is 1. The average Bonchev–Trinajstić information content (AvgIpc) is 2.81. The van der Waals surface area contributed by atoms with Crippen molar-refractivity contribution in [2.75, 3.05) is 0 Å². The quantitative estimate of drug-likeness (QED) is 0.583. The normalized spacial score (nSPS) is 19.4. The molecule has 1 aliphatic rings. The van der Waals surface area contributed by atoms with Gasteiger partial charge >= 0.3 is 0 Å². The molecule has 0 aromatic heterocycles. The first-order chi connectivity index (χ1) is 14.3. The summed E-state index contributed by atoms with van der Waals surface area (Å²) >= 11 is 0. The summed E-state index contributed by atoms with van der Waals surface area (Å²) in [7, 11) is 0. The highest BCUT2D eigenvalue weighted by atomic mass is 14.9. The van der Waals surface area contributed by atoms with E-state index < -0.39 is 5.41 Å². The van der Waals surface area contributed by atoms with Crippen molar-refractivity contribution in [3.8, 4) is 6.07 Å². The largest absolute Gasteiger partial charge is 0.310 e. The van der Waals surface area contributed by atoms with Crippen molar-refractivity contribution in [1.82, 2.24) is 5.32 Å². The molecule has 0 radical (unpaired) electrons. The maximum atomic E-state index is 10.6. The molecule has 0 bridgehead atoms. The molecule has 1 N–H and O–H groups in total. The summed E-state index contributed by atoms with van der Waals surface area (Å²) in [6.07, 6.45) is 4.43. The number of rotatable bonds is 6. The fraction of sp³-hybridized carbons (Fsp3) is 0.296. The van der Waals surface area contributed by atoms with Gasteiger partial charge in [-0.1, -0.05) is 97.4 Å². The molecule has 0 spiro atoms. The predicted molar refractivity (Wildman–Crippen MR) is 118 cm³/mol. The van der Waals surface area contributed by atoms with Crippen LogP contribution in [-0.2, 0) is 12.0 Å². The summed E-state index contributed by atoms with van der Waals surface area (Å²) < 4.78 is 0. The van der Waals surface area contributed by atoms with Gasteiger partial charge < -0.3 is 5.32 Å². The zero-order valence-corrected chi connectivity index (χ0v) is 16.8. The van der Waals surface area contributed by atoms with Crippen LogP contribution in [0.5, 0.6) is 0 Å². The highest BCUT2D eigenvalue weighted by Crippen LogP contribution is 2.45. The molecule has 3 aromatic rings. The molecule has 2 heteroatoms. The molecule has 1 fully saturated rings. The Bertz CT molecular complexity index is 889. The van der Waals surface area contributed by atoms with E-state index in [0.717, 1.165) is 36.9 Å². The minimum atomic E-state index is -0.602. The van der Waals surface area contributed by atoms with Gasteiger partial charge in [-0.25, -0.2) is 0 Å². The number of benzene rings is 3. The van der Waals surface area contributed by atoms with E-state index in [2.05, 4.69) is 90.2 Å². The van der Waals surface area contributed by atoms with Crippen molar-refractivity contribution < 1.29 is 0 Å². The molecular formula is C27H28N2. The fourth-order valence-electron chi connectivity index (χ4n) is 4.89. The van der Waals surface area contributed by atoms with E-state index in [-0.39, 0.29) is 0 Å². The summed E-state index contributed by atoms with van der Waals surface area (Å²) in [5, 5.41) is 14.3. The number of nitriles is 1. The van der Waals surface area contributed by atoms with Crippen molar-refractivity contribution in [3.05, 3.63) is 108 Å². The Kier molecular flexibility index (Phi) is 6.08. The SMILES string of the molecule is N#CC(c1ccccc1)(c1ccccc1)C1CCCC(NCc2ccccc2)C1. The molecule has 2 unspecified atom stereocenters. The maximum absolute atomic E-state index is 10.6. The predicted octanol–water partition coefficient (Wildman–Crippen LogP) is 5.84. The van der Waals surface area contributed by atoms with Gasteiger partial charge in [0.15, 0.2) is 0 Å². The van der Waals surface area contributed by atoms with E-state index in [9.17, 15) is 5.26 Å². The zero-order chi connectivity index (χ0) is 19.9. The van der Waals surface area contributed by atoms with Gasteiger partial charge in [-0.15, -0.1) is 0 Å². The van der Waals surface area contributed by atoms with Crippen LogP contribution in [0.15, 0.2) is 91.0 Å². The Morgan fingerprint density at radius 2 is 1.34 bits per heavy atom. The van der Waals surface area contributed by atoms with Crippen LogP contribution >= 0.6 is 0 Å². The molecule has 3 aromatic carbocycles. The van der Waals surface area contributed by atoms with Gasteiger partial charge in [-0.2, -0.15) is 5.26 Å². The Morgan fingerprint density at radius 1 is 0.793 bits per heavy atom. The van der Waals surface area contributed by atoms with Crippen LogP contribution in [0.1, 0.15) is 42.4 Å². The van der Waals surface area contributed by atoms with Crippen LogP contribution in [0.3, 0.4) is 0 Å². The first-order valence-corrected chi connectivity index (χ1v) is 10.6. The second-order valence-corrected chi connectivity index (χ2v) is 8.08. The van der Waals surface area contributed by atoms with Crippen molar-refractivity contribution in [3.63, 3.8) is 0 Å². The summed E-state index contributed by atoms with van der Waals surface area (Å²) in [5.74, 6) is 0.291. The molecule has 0 aliphatic heterocycles.